The van der Waals surface area contributed by atoms with E-state index in [2.05, 4.69) is 36.4 Å². The van der Waals surface area contributed by atoms with Gasteiger partial charge in [0, 0.05) is 19.5 Å². The molecule has 3 aromatic rings. The first kappa shape index (κ1) is 17.2. The SMILES string of the molecule is CCCc1nc(NCc2ccc(OC)cc2)c2c(n1)c(C)nn2CC. The minimum Gasteiger partial charge on any atom is -0.497 e. The fourth-order valence-electron chi connectivity index (χ4n) is 2.89. The molecule has 0 amide bonds. The van der Waals surface area contributed by atoms with Crippen molar-refractivity contribution in [2.45, 2.75) is 46.7 Å². The number of nitrogens with zero attached hydrogens (tertiary/aromatic N) is 4. The van der Waals surface area contributed by atoms with Gasteiger partial charge in [0.25, 0.3) is 0 Å². The summed E-state index contributed by atoms with van der Waals surface area (Å²) in [5.41, 5.74) is 4.04. The van der Waals surface area contributed by atoms with Crippen LogP contribution in [0, 0.1) is 6.92 Å². The summed E-state index contributed by atoms with van der Waals surface area (Å²) in [6.07, 6.45) is 1.88. The zero-order valence-electron chi connectivity index (χ0n) is 15.3. The summed E-state index contributed by atoms with van der Waals surface area (Å²) in [6.45, 7) is 7.71. The third kappa shape index (κ3) is 3.57. The highest BCUT2D eigenvalue weighted by atomic mass is 16.5. The highest BCUT2D eigenvalue weighted by molar-refractivity contribution is 5.87. The molecule has 1 aromatic carbocycles. The molecule has 1 N–H and O–H groups in total. The van der Waals surface area contributed by atoms with Crippen LogP contribution in [0.15, 0.2) is 24.3 Å². The Balaban J connectivity index is 1.94. The molecular formula is C19H25N5O. The summed E-state index contributed by atoms with van der Waals surface area (Å²) in [5, 5.41) is 8.08. The van der Waals surface area contributed by atoms with E-state index in [-0.39, 0.29) is 0 Å². The monoisotopic (exact) mass is 339 g/mol. The van der Waals surface area contributed by atoms with Gasteiger partial charge in [0.2, 0.25) is 0 Å². The quantitative estimate of drug-likeness (QED) is 0.710. The molecule has 0 spiro atoms. The standard InChI is InChI=1S/C19H25N5O/c1-5-7-16-21-17-13(3)23-24(6-2)18(17)19(22-16)20-12-14-8-10-15(25-4)11-9-14/h8-11H,5-7,12H2,1-4H3,(H,20,21,22). The van der Waals surface area contributed by atoms with E-state index in [0.29, 0.717) is 6.54 Å². The molecule has 6 nitrogen and oxygen atoms in total. The maximum absolute atomic E-state index is 5.21. The zero-order valence-corrected chi connectivity index (χ0v) is 15.3. The van der Waals surface area contributed by atoms with Gasteiger partial charge in [-0.3, -0.25) is 4.68 Å². The van der Waals surface area contributed by atoms with Crippen LogP contribution in [0.1, 0.15) is 37.4 Å². The van der Waals surface area contributed by atoms with Gasteiger partial charge >= 0.3 is 0 Å². The van der Waals surface area contributed by atoms with Gasteiger partial charge in [-0.1, -0.05) is 19.1 Å². The summed E-state index contributed by atoms with van der Waals surface area (Å²) in [4.78, 5) is 9.47. The van der Waals surface area contributed by atoms with Crippen molar-refractivity contribution >= 4 is 16.9 Å². The smallest absolute Gasteiger partial charge is 0.156 e. The first-order valence-electron chi connectivity index (χ1n) is 8.77. The minimum atomic E-state index is 0.690. The number of ether oxygens (including phenoxy) is 1. The molecule has 0 fully saturated rings. The molecule has 25 heavy (non-hydrogen) atoms. The first-order valence-corrected chi connectivity index (χ1v) is 8.77. The molecule has 6 heteroatoms. The zero-order chi connectivity index (χ0) is 17.8. The van der Waals surface area contributed by atoms with Crippen LogP contribution in [0.4, 0.5) is 5.82 Å². The van der Waals surface area contributed by atoms with Crippen LogP contribution in [0.25, 0.3) is 11.0 Å². The van der Waals surface area contributed by atoms with E-state index in [4.69, 9.17) is 14.7 Å². The largest absolute Gasteiger partial charge is 0.497 e. The number of benzene rings is 1. The number of methoxy groups -OCH3 is 1. The summed E-state index contributed by atoms with van der Waals surface area (Å²) in [5.74, 6) is 2.58. The van der Waals surface area contributed by atoms with Gasteiger partial charge in [0.1, 0.15) is 22.6 Å². The molecule has 0 aliphatic rings. The molecule has 0 atom stereocenters. The molecule has 132 valence electrons. The van der Waals surface area contributed by atoms with Crippen molar-refractivity contribution in [3.05, 3.63) is 41.3 Å². The second kappa shape index (κ2) is 7.51. The molecule has 0 radical (unpaired) electrons. The number of fused-ring (bicyclic) bond motifs is 1. The molecule has 0 saturated heterocycles. The number of nitrogens with one attached hydrogen (secondary N) is 1. The van der Waals surface area contributed by atoms with E-state index >= 15 is 0 Å². The number of rotatable bonds is 7. The third-order valence-electron chi connectivity index (χ3n) is 4.19. The fourth-order valence-corrected chi connectivity index (χ4v) is 2.89. The summed E-state index contributed by atoms with van der Waals surface area (Å²) < 4.78 is 7.18. The predicted molar refractivity (Wildman–Crippen MR) is 100 cm³/mol. The van der Waals surface area contributed by atoms with Crippen LogP contribution < -0.4 is 10.1 Å². The maximum atomic E-state index is 5.21. The Bertz CT molecular complexity index is 854. The maximum Gasteiger partial charge on any atom is 0.156 e. The van der Waals surface area contributed by atoms with Gasteiger partial charge < -0.3 is 10.1 Å². The Morgan fingerprint density at radius 1 is 1.12 bits per heavy atom. The van der Waals surface area contributed by atoms with E-state index in [0.717, 1.165) is 53.5 Å². The lowest BCUT2D eigenvalue weighted by atomic mass is 10.2. The van der Waals surface area contributed by atoms with Gasteiger partial charge in [-0.25, -0.2) is 9.97 Å². The van der Waals surface area contributed by atoms with E-state index in [1.165, 1.54) is 5.56 Å². The number of anilines is 1. The molecule has 0 aliphatic heterocycles. The normalized spacial score (nSPS) is 11.0. The van der Waals surface area contributed by atoms with Crippen molar-refractivity contribution in [1.82, 2.24) is 19.7 Å². The van der Waals surface area contributed by atoms with Crippen molar-refractivity contribution in [2.75, 3.05) is 12.4 Å². The Morgan fingerprint density at radius 2 is 1.88 bits per heavy atom. The van der Waals surface area contributed by atoms with Gasteiger partial charge in [-0.15, -0.1) is 0 Å². The molecule has 2 heterocycles. The van der Waals surface area contributed by atoms with Gasteiger partial charge in [0.05, 0.1) is 12.8 Å². The lowest BCUT2D eigenvalue weighted by molar-refractivity contribution is 0.414. The summed E-state index contributed by atoms with van der Waals surface area (Å²) in [6, 6.07) is 8.05. The number of aryl methyl sites for hydroxylation is 3. The van der Waals surface area contributed by atoms with Crippen molar-refractivity contribution in [1.29, 1.82) is 0 Å². The van der Waals surface area contributed by atoms with Crippen LogP contribution >= 0.6 is 0 Å². The van der Waals surface area contributed by atoms with Crippen molar-refractivity contribution < 1.29 is 4.74 Å². The van der Waals surface area contributed by atoms with Crippen molar-refractivity contribution in [2.24, 2.45) is 0 Å². The molecule has 3 rings (SSSR count). The molecule has 0 bridgehead atoms. The number of hydrogen-bond acceptors (Lipinski definition) is 5. The topological polar surface area (TPSA) is 64.9 Å². The lowest BCUT2D eigenvalue weighted by Gasteiger charge is -2.11. The Labute approximate surface area is 148 Å². The molecule has 0 unspecified atom stereocenters. The Hall–Kier alpha value is -2.63. The van der Waals surface area contributed by atoms with E-state index < -0.39 is 0 Å². The second-order valence-corrected chi connectivity index (χ2v) is 6.04. The predicted octanol–water partition coefficient (Wildman–Crippen LogP) is 3.73. The number of aromatic nitrogens is 4. The average Bonchev–Trinajstić information content (AvgIpc) is 2.96. The summed E-state index contributed by atoms with van der Waals surface area (Å²) in [7, 11) is 1.67. The lowest BCUT2D eigenvalue weighted by Crippen LogP contribution is -2.08. The minimum absolute atomic E-state index is 0.690. The van der Waals surface area contributed by atoms with Crippen LogP contribution in [0.5, 0.6) is 5.75 Å². The van der Waals surface area contributed by atoms with Crippen LogP contribution in [0.2, 0.25) is 0 Å². The van der Waals surface area contributed by atoms with Gasteiger partial charge in [0.15, 0.2) is 5.82 Å². The molecule has 0 aliphatic carbocycles. The van der Waals surface area contributed by atoms with Crippen molar-refractivity contribution in [3.8, 4) is 5.75 Å². The number of hydrogen-bond donors (Lipinski definition) is 1. The first-order chi connectivity index (χ1) is 12.2. The van der Waals surface area contributed by atoms with Gasteiger partial charge in [-0.2, -0.15) is 5.10 Å². The Kier molecular flexibility index (Phi) is 5.16. The Morgan fingerprint density at radius 3 is 2.52 bits per heavy atom. The average molecular weight is 339 g/mol. The molecular weight excluding hydrogens is 314 g/mol. The highest BCUT2D eigenvalue weighted by Gasteiger charge is 2.15. The molecule has 2 aromatic heterocycles. The fraction of sp³-hybridized carbons (Fsp3) is 0.421. The van der Waals surface area contributed by atoms with Crippen LogP contribution in [-0.4, -0.2) is 26.9 Å². The second-order valence-electron chi connectivity index (χ2n) is 6.04. The third-order valence-corrected chi connectivity index (χ3v) is 4.19. The van der Waals surface area contributed by atoms with E-state index in [9.17, 15) is 0 Å². The highest BCUT2D eigenvalue weighted by Crippen LogP contribution is 2.24. The van der Waals surface area contributed by atoms with E-state index in [1.54, 1.807) is 7.11 Å². The van der Waals surface area contributed by atoms with Crippen molar-refractivity contribution in [3.63, 3.8) is 0 Å². The van der Waals surface area contributed by atoms with Crippen LogP contribution in [0.3, 0.4) is 0 Å². The van der Waals surface area contributed by atoms with Gasteiger partial charge in [-0.05, 0) is 38.0 Å². The van der Waals surface area contributed by atoms with Crippen LogP contribution in [-0.2, 0) is 19.5 Å². The molecule has 0 saturated carbocycles. The summed E-state index contributed by atoms with van der Waals surface area (Å²) >= 11 is 0. The van der Waals surface area contributed by atoms with E-state index in [1.807, 2.05) is 23.7 Å².